The van der Waals surface area contributed by atoms with Crippen molar-refractivity contribution >= 4 is 12.0 Å². The predicted octanol–water partition coefficient (Wildman–Crippen LogP) is 3.98. The van der Waals surface area contributed by atoms with Crippen LogP contribution in [0.25, 0.3) is 11.1 Å². The van der Waals surface area contributed by atoms with E-state index in [1.165, 1.54) is 16.0 Å². The lowest BCUT2D eigenvalue weighted by molar-refractivity contribution is -0.144. The highest BCUT2D eigenvalue weighted by molar-refractivity contribution is 5.81. The molecule has 1 aliphatic rings. The lowest BCUT2D eigenvalue weighted by atomic mass is 9.98. The third kappa shape index (κ3) is 5.29. The van der Waals surface area contributed by atoms with Gasteiger partial charge in [0.2, 0.25) is 0 Å². The van der Waals surface area contributed by atoms with Crippen LogP contribution >= 0.6 is 0 Å². The lowest BCUT2D eigenvalue weighted by Crippen LogP contribution is -2.48. The third-order valence-electron chi connectivity index (χ3n) is 6.23. The fourth-order valence-corrected chi connectivity index (χ4v) is 4.50. The van der Waals surface area contributed by atoms with Crippen molar-refractivity contribution in [2.24, 2.45) is 0 Å². The van der Waals surface area contributed by atoms with Crippen molar-refractivity contribution in [1.29, 1.82) is 0 Å². The minimum atomic E-state index is -0.462. The van der Waals surface area contributed by atoms with Crippen LogP contribution in [0.3, 0.4) is 0 Å². The zero-order chi connectivity index (χ0) is 24.7. The summed E-state index contributed by atoms with van der Waals surface area (Å²) in [6.07, 6.45) is 3.23. The Bertz CT molecular complexity index is 1280. The largest absolute Gasteiger partial charge is 0.463 e. The molecule has 1 aromatic heterocycles. The summed E-state index contributed by atoms with van der Waals surface area (Å²) in [6.45, 7) is 0.673. The highest BCUT2D eigenvalue weighted by Gasteiger charge is 2.29. The molecule has 8 nitrogen and oxygen atoms in total. The highest BCUT2D eigenvalue weighted by atomic mass is 16.5. The maximum absolute atomic E-state index is 12.9. The van der Waals surface area contributed by atoms with Crippen molar-refractivity contribution in [1.82, 2.24) is 25.7 Å². The Labute approximate surface area is 209 Å². The lowest BCUT2D eigenvalue weighted by Gasteiger charge is -2.23. The van der Waals surface area contributed by atoms with E-state index in [2.05, 4.69) is 45.1 Å². The van der Waals surface area contributed by atoms with Crippen molar-refractivity contribution in [3.8, 4) is 11.1 Å². The molecule has 182 valence electrons. The summed E-state index contributed by atoms with van der Waals surface area (Å²) in [5.41, 5.74) is 11.9. The quantitative estimate of drug-likeness (QED) is 0.248. The Balaban J connectivity index is 1.23. The van der Waals surface area contributed by atoms with Gasteiger partial charge in [-0.1, -0.05) is 78.9 Å². The molecule has 0 fully saturated rings. The van der Waals surface area contributed by atoms with E-state index in [4.69, 9.17) is 4.74 Å². The smallest absolute Gasteiger partial charge is 0.332 e. The number of carbonyl (C=O) groups excluding carboxylic acids is 2. The van der Waals surface area contributed by atoms with Crippen molar-refractivity contribution in [3.63, 3.8) is 0 Å². The van der Waals surface area contributed by atoms with E-state index in [9.17, 15) is 9.59 Å². The van der Waals surface area contributed by atoms with E-state index in [0.29, 0.717) is 6.54 Å². The van der Waals surface area contributed by atoms with Crippen LogP contribution in [0.1, 0.15) is 28.3 Å². The average molecular weight is 482 g/mol. The molecule has 0 spiro atoms. The zero-order valence-corrected chi connectivity index (χ0v) is 19.7. The number of hydrogen-bond acceptors (Lipinski definition) is 5. The van der Waals surface area contributed by atoms with Crippen molar-refractivity contribution in [2.75, 3.05) is 13.2 Å². The Morgan fingerprint density at radius 2 is 1.58 bits per heavy atom. The van der Waals surface area contributed by atoms with E-state index in [1.54, 1.807) is 12.5 Å². The number of benzene rings is 3. The van der Waals surface area contributed by atoms with Gasteiger partial charge in [-0.25, -0.2) is 15.2 Å². The van der Waals surface area contributed by atoms with Gasteiger partial charge in [0, 0.05) is 18.7 Å². The second kappa shape index (κ2) is 10.9. The van der Waals surface area contributed by atoms with E-state index < -0.39 is 12.0 Å². The Kier molecular flexibility index (Phi) is 7.05. The fraction of sp³-hybridized carbons (Fsp3) is 0.179. The minimum absolute atomic E-state index is 0.0335. The number of nitrogens with one attached hydrogen (secondary N) is 3. The van der Waals surface area contributed by atoms with Crippen LogP contribution < -0.4 is 10.9 Å². The molecule has 3 N–H and O–H groups in total. The zero-order valence-electron chi connectivity index (χ0n) is 19.7. The van der Waals surface area contributed by atoms with E-state index in [-0.39, 0.29) is 25.6 Å². The number of aromatic nitrogens is 2. The molecule has 2 amide bonds. The Morgan fingerprint density at radius 1 is 0.917 bits per heavy atom. The van der Waals surface area contributed by atoms with Gasteiger partial charge in [0.25, 0.3) is 0 Å². The molecule has 0 saturated carbocycles. The van der Waals surface area contributed by atoms with Gasteiger partial charge in [0.15, 0.2) is 0 Å². The van der Waals surface area contributed by atoms with Gasteiger partial charge in [-0.2, -0.15) is 0 Å². The first kappa shape index (κ1) is 23.3. The number of imidazole rings is 1. The summed E-state index contributed by atoms with van der Waals surface area (Å²) in [4.78, 5) is 34.2. The number of rotatable bonds is 9. The normalized spacial score (nSPS) is 12.0. The van der Waals surface area contributed by atoms with Crippen molar-refractivity contribution in [3.05, 3.63) is 114 Å². The highest BCUT2D eigenvalue weighted by Crippen LogP contribution is 2.44. The van der Waals surface area contributed by atoms with E-state index in [1.807, 2.05) is 54.6 Å². The number of urea groups is 1. The number of hydrogen-bond donors (Lipinski definition) is 3. The molecule has 3 aromatic carbocycles. The molecule has 0 atom stereocenters. The number of nitrogens with zero attached hydrogens (tertiary/aromatic N) is 2. The molecule has 0 unspecified atom stereocenters. The Morgan fingerprint density at radius 3 is 2.25 bits per heavy atom. The van der Waals surface area contributed by atoms with Crippen LogP contribution in [0.2, 0.25) is 0 Å². The van der Waals surface area contributed by atoms with Crippen LogP contribution in [-0.2, 0) is 22.6 Å². The average Bonchev–Trinajstić information content (AvgIpc) is 3.54. The summed E-state index contributed by atoms with van der Waals surface area (Å²) in [5, 5.41) is 0. The molecule has 0 aliphatic heterocycles. The molecule has 1 heterocycles. The molecular weight excluding hydrogens is 454 g/mol. The third-order valence-corrected chi connectivity index (χ3v) is 6.23. The summed E-state index contributed by atoms with van der Waals surface area (Å²) in [5.74, 6) is -0.495. The van der Waals surface area contributed by atoms with E-state index >= 15 is 0 Å². The summed E-state index contributed by atoms with van der Waals surface area (Å²) >= 11 is 0. The maximum atomic E-state index is 12.9. The van der Waals surface area contributed by atoms with E-state index in [0.717, 1.165) is 22.4 Å². The Hall–Kier alpha value is -4.43. The van der Waals surface area contributed by atoms with Gasteiger partial charge in [-0.05, 0) is 27.8 Å². The van der Waals surface area contributed by atoms with Gasteiger partial charge in [-0.15, -0.1) is 0 Å². The number of ether oxygens (including phenoxy) is 1. The van der Waals surface area contributed by atoms with Crippen molar-refractivity contribution < 1.29 is 14.3 Å². The number of carbonyl (C=O) groups is 2. The molecule has 4 aromatic rings. The van der Waals surface area contributed by atoms with Gasteiger partial charge >= 0.3 is 12.0 Å². The minimum Gasteiger partial charge on any atom is -0.463 e. The monoisotopic (exact) mass is 481 g/mol. The summed E-state index contributed by atoms with van der Waals surface area (Å²) < 4.78 is 5.73. The standard InChI is InChI=1S/C28H27N5O3/c34-27(36-18-26-24-12-6-4-10-22(24)23-11-5-7-13-25(23)26)17-33(16-20-8-2-1-3-9-20)28(35)32-31-15-21-14-29-19-30-21/h1-14,19,26,31H,15-18H2,(H,29,30)(H,32,35). The number of aromatic amines is 1. The molecular formula is C28H27N5O3. The molecule has 36 heavy (non-hydrogen) atoms. The SMILES string of the molecule is O=C(CN(Cc1ccccc1)C(=O)NNCc1cnc[nH]1)OCC1c2ccccc2-c2ccccc21. The summed E-state index contributed by atoms with van der Waals surface area (Å²) in [7, 11) is 0. The first-order valence-electron chi connectivity index (χ1n) is 11.8. The second-order valence-electron chi connectivity index (χ2n) is 8.61. The molecule has 0 bridgehead atoms. The number of hydrazine groups is 1. The molecule has 1 aliphatic carbocycles. The van der Waals surface area contributed by atoms with Crippen LogP contribution in [0, 0.1) is 0 Å². The van der Waals surface area contributed by atoms with Gasteiger partial charge in [-0.3, -0.25) is 10.2 Å². The number of amides is 2. The first-order chi connectivity index (χ1) is 17.7. The van der Waals surface area contributed by atoms with Crippen LogP contribution in [0.5, 0.6) is 0 Å². The number of esters is 1. The number of fused-ring (bicyclic) bond motifs is 3. The van der Waals surface area contributed by atoms with Crippen LogP contribution in [0.4, 0.5) is 4.79 Å². The van der Waals surface area contributed by atoms with Gasteiger partial charge < -0.3 is 14.6 Å². The van der Waals surface area contributed by atoms with Crippen molar-refractivity contribution in [2.45, 2.75) is 19.0 Å². The molecule has 5 rings (SSSR count). The summed E-state index contributed by atoms with van der Waals surface area (Å²) in [6, 6.07) is 25.5. The predicted molar refractivity (Wildman–Crippen MR) is 135 cm³/mol. The molecule has 0 radical (unpaired) electrons. The first-order valence-corrected chi connectivity index (χ1v) is 11.8. The molecule has 0 saturated heterocycles. The fourth-order valence-electron chi connectivity index (χ4n) is 4.50. The van der Waals surface area contributed by atoms with Crippen LogP contribution in [0.15, 0.2) is 91.4 Å². The van der Waals surface area contributed by atoms with Gasteiger partial charge in [0.1, 0.15) is 13.2 Å². The topological polar surface area (TPSA) is 99.4 Å². The molecule has 8 heteroatoms. The van der Waals surface area contributed by atoms with Crippen LogP contribution in [-0.4, -0.2) is 40.0 Å². The second-order valence-corrected chi connectivity index (χ2v) is 8.61. The maximum Gasteiger partial charge on any atom is 0.332 e. The van der Waals surface area contributed by atoms with Gasteiger partial charge in [0.05, 0.1) is 18.6 Å². The number of H-pyrrole nitrogens is 1.